The van der Waals surface area contributed by atoms with Gasteiger partial charge in [0.25, 0.3) is 0 Å². The largest absolute Gasteiger partial charge is 0.464 e. The monoisotopic (exact) mass is 284 g/mol. The zero-order valence-corrected chi connectivity index (χ0v) is 12.0. The quantitative estimate of drug-likeness (QED) is 0.837. The summed E-state index contributed by atoms with van der Waals surface area (Å²) in [5, 5.41) is 3.25. The lowest BCUT2D eigenvalue weighted by atomic mass is 10.0. The van der Waals surface area contributed by atoms with Crippen molar-refractivity contribution in [2.75, 3.05) is 13.7 Å². The lowest BCUT2D eigenvalue weighted by Crippen LogP contribution is -2.28. The van der Waals surface area contributed by atoms with Gasteiger partial charge >= 0.3 is 5.97 Å². The number of carbonyl (C=O) groups is 1. The predicted octanol–water partition coefficient (Wildman–Crippen LogP) is 1.28. The van der Waals surface area contributed by atoms with E-state index >= 15 is 0 Å². The molecule has 0 bridgehead atoms. The van der Waals surface area contributed by atoms with Gasteiger partial charge in [-0.3, -0.25) is 4.98 Å². The summed E-state index contributed by atoms with van der Waals surface area (Å²) >= 11 is 0. The number of carbonyl (C=O) groups excluding carboxylic acids is 1. The first-order valence-corrected chi connectivity index (χ1v) is 6.81. The normalized spacial score (nSPS) is 13.6. The predicted molar refractivity (Wildman–Crippen MR) is 76.8 cm³/mol. The highest BCUT2D eigenvalue weighted by molar-refractivity contribution is 5.89. The molecule has 0 unspecified atom stereocenters. The van der Waals surface area contributed by atoms with Crippen LogP contribution in [0.1, 0.15) is 27.3 Å². The van der Waals surface area contributed by atoms with Crippen LogP contribution in [-0.4, -0.2) is 34.6 Å². The van der Waals surface area contributed by atoms with Crippen molar-refractivity contribution in [3.05, 3.63) is 40.8 Å². The second-order valence-corrected chi connectivity index (χ2v) is 4.96. The highest BCUT2D eigenvalue weighted by Gasteiger charge is 2.23. The van der Waals surface area contributed by atoms with E-state index in [2.05, 4.69) is 20.3 Å². The van der Waals surface area contributed by atoms with Crippen LogP contribution in [0.5, 0.6) is 0 Å². The molecule has 1 N–H and O–H groups in total. The van der Waals surface area contributed by atoms with Crippen molar-refractivity contribution >= 4 is 5.97 Å². The molecule has 0 radical (unpaired) electrons. The smallest absolute Gasteiger partial charge is 0.357 e. The van der Waals surface area contributed by atoms with Crippen LogP contribution in [0.4, 0.5) is 0 Å². The molecule has 1 aliphatic rings. The number of nitrogens with one attached hydrogen (secondary N) is 1. The van der Waals surface area contributed by atoms with E-state index in [1.54, 1.807) is 6.20 Å². The van der Waals surface area contributed by atoms with E-state index in [4.69, 9.17) is 4.74 Å². The van der Waals surface area contributed by atoms with Gasteiger partial charge in [-0.15, -0.1) is 0 Å². The van der Waals surface area contributed by atoms with Gasteiger partial charge < -0.3 is 10.1 Å². The first-order chi connectivity index (χ1) is 10.2. The lowest BCUT2D eigenvalue weighted by molar-refractivity contribution is 0.0592. The number of nitrogens with zero attached hydrogens (tertiary/aromatic N) is 3. The SMILES string of the molecule is COC(=O)c1nc(-c2cc(C)ccn2)nc2c1CCNC2. The van der Waals surface area contributed by atoms with E-state index in [9.17, 15) is 4.79 Å². The maximum absolute atomic E-state index is 12.0. The van der Waals surface area contributed by atoms with Gasteiger partial charge in [0.1, 0.15) is 5.69 Å². The van der Waals surface area contributed by atoms with Gasteiger partial charge in [0.05, 0.1) is 12.8 Å². The lowest BCUT2D eigenvalue weighted by Gasteiger charge is -2.19. The van der Waals surface area contributed by atoms with Crippen molar-refractivity contribution in [2.45, 2.75) is 19.9 Å². The van der Waals surface area contributed by atoms with Crippen LogP contribution < -0.4 is 5.32 Å². The van der Waals surface area contributed by atoms with Crippen LogP contribution in [0.15, 0.2) is 18.3 Å². The number of hydrogen-bond donors (Lipinski definition) is 1. The van der Waals surface area contributed by atoms with Crippen molar-refractivity contribution in [3.8, 4) is 11.5 Å². The zero-order chi connectivity index (χ0) is 14.8. The molecule has 0 saturated heterocycles. The zero-order valence-electron chi connectivity index (χ0n) is 12.0. The minimum atomic E-state index is -0.426. The molecule has 6 heteroatoms. The maximum Gasteiger partial charge on any atom is 0.357 e. The summed E-state index contributed by atoms with van der Waals surface area (Å²) in [4.78, 5) is 25.2. The number of esters is 1. The number of methoxy groups -OCH3 is 1. The molecule has 21 heavy (non-hydrogen) atoms. The van der Waals surface area contributed by atoms with Gasteiger partial charge in [-0.2, -0.15) is 0 Å². The summed E-state index contributed by atoms with van der Waals surface area (Å²) in [6.45, 7) is 3.41. The Labute approximate surface area is 122 Å². The minimum absolute atomic E-state index is 0.349. The van der Waals surface area contributed by atoms with Crippen molar-refractivity contribution in [1.82, 2.24) is 20.3 Å². The first-order valence-electron chi connectivity index (χ1n) is 6.81. The molecule has 0 saturated carbocycles. The number of hydrogen-bond acceptors (Lipinski definition) is 6. The Morgan fingerprint density at radius 1 is 1.38 bits per heavy atom. The summed E-state index contributed by atoms with van der Waals surface area (Å²) in [5.74, 6) is 0.0333. The third-order valence-corrected chi connectivity index (χ3v) is 3.46. The summed E-state index contributed by atoms with van der Waals surface area (Å²) in [7, 11) is 1.36. The minimum Gasteiger partial charge on any atom is -0.464 e. The van der Waals surface area contributed by atoms with E-state index in [0.717, 1.165) is 29.8 Å². The van der Waals surface area contributed by atoms with Gasteiger partial charge in [-0.1, -0.05) is 0 Å². The van der Waals surface area contributed by atoms with Crippen LogP contribution in [0.2, 0.25) is 0 Å². The highest BCUT2D eigenvalue weighted by atomic mass is 16.5. The van der Waals surface area contributed by atoms with Crippen LogP contribution in [-0.2, 0) is 17.7 Å². The fourth-order valence-corrected chi connectivity index (χ4v) is 2.40. The van der Waals surface area contributed by atoms with Gasteiger partial charge in [0.15, 0.2) is 11.5 Å². The molecule has 2 aromatic rings. The topological polar surface area (TPSA) is 77.0 Å². The molecule has 3 rings (SSSR count). The molecule has 6 nitrogen and oxygen atoms in total. The number of rotatable bonds is 2. The third kappa shape index (κ3) is 2.62. The van der Waals surface area contributed by atoms with Crippen molar-refractivity contribution < 1.29 is 9.53 Å². The number of aryl methyl sites for hydroxylation is 1. The summed E-state index contributed by atoms with van der Waals surface area (Å²) in [6.07, 6.45) is 2.44. The van der Waals surface area contributed by atoms with E-state index < -0.39 is 5.97 Å². The molecule has 3 heterocycles. The van der Waals surface area contributed by atoms with Crippen LogP contribution in [0, 0.1) is 6.92 Å². The Bertz CT molecular complexity index is 700. The molecule has 0 fully saturated rings. The third-order valence-electron chi connectivity index (χ3n) is 3.46. The van der Waals surface area contributed by atoms with E-state index in [-0.39, 0.29) is 0 Å². The highest BCUT2D eigenvalue weighted by Crippen LogP contribution is 2.21. The number of fused-ring (bicyclic) bond motifs is 1. The van der Waals surface area contributed by atoms with Crippen molar-refractivity contribution in [1.29, 1.82) is 0 Å². The molecule has 0 spiro atoms. The second-order valence-electron chi connectivity index (χ2n) is 4.96. The van der Waals surface area contributed by atoms with Crippen LogP contribution >= 0.6 is 0 Å². The summed E-state index contributed by atoms with van der Waals surface area (Å²) < 4.78 is 4.85. The number of pyridine rings is 1. The standard InChI is InChI=1S/C15H16N4O2/c1-9-3-6-17-11(7-9)14-18-12-8-16-5-4-10(12)13(19-14)15(20)21-2/h3,6-7,16H,4-5,8H2,1-2H3. The van der Waals surface area contributed by atoms with Gasteiger partial charge in [-0.05, 0) is 37.6 Å². The van der Waals surface area contributed by atoms with E-state index in [1.165, 1.54) is 7.11 Å². The fourth-order valence-electron chi connectivity index (χ4n) is 2.40. The molecule has 2 aromatic heterocycles. The number of ether oxygens (including phenoxy) is 1. The van der Waals surface area contributed by atoms with Crippen LogP contribution in [0.3, 0.4) is 0 Å². The Balaban J connectivity index is 2.16. The van der Waals surface area contributed by atoms with Gasteiger partial charge in [-0.25, -0.2) is 14.8 Å². The number of aromatic nitrogens is 3. The molecular weight excluding hydrogens is 268 g/mol. The van der Waals surface area contributed by atoms with E-state index in [0.29, 0.717) is 23.8 Å². The molecule has 0 atom stereocenters. The van der Waals surface area contributed by atoms with Crippen molar-refractivity contribution in [3.63, 3.8) is 0 Å². The van der Waals surface area contributed by atoms with Crippen LogP contribution in [0.25, 0.3) is 11.5 Å². The summed E-state index contributed by atoms with van der Waals surface area (Å²) in [5.41, 5.74) is 3.79. The summed E-state index contributed by atoms with van der Waals surface area (Å²) in [6, 6.07) is 3.81. The molecule has 108 valence electrons. The Hall–Kier alpha value is -2.34. The Morgan fingerprint density at radius 2 is 2.24 bits per heavy atom. The average Bonchev–Trinajstić information content (AvgIpc) is 2.53. The molecule has 0 aliphatic carbocycles. The molecule has 0 amide bonds. The Morgan fingerprint density at radius 3 is 3.00 bits per heavy atom. The average molecular weight is 284 g/mol. The molecule has 0 aromatic carbocycles. The molecule has 1 aliphatic heterocycles. The first kappa shape index (κ1) is 13.6. The molecular formula is C15H16N4O2. The Kier molecular flexibility index (Phi) is 3.62. The second kappa shape index (κ2) is 5.57. The van der Waals surface area contributed by atoms with Gasteiger partial charge in [0.2, 0.25) is 0 Å². The van der Waals surface area contributed by atoms with E-state index in [1.807, 2.05) is 19.1 Å². The van der Waals surface area contributed by atoms with Gasteiger partial charge in [0, 0.05) is 18.3 Å². The maximum atomic E-state index is 12.0. The fraction of sp³-hybridized carbons (Fsp3) is 0.333. The van der Waals surface area contributed by atoms with Crippen molar-refractivity contribution in [2.24, 2.45) is 0 Å².